The number of ether oxygens (including phenoxy) is 1. The minimum atomic E-state index is -1.53. The Balaban J connectivity index is 2.84. The third-order valence-electron chi connectivity index (χ3n) is 2.40. The van der Waals surface area contributed by atoms with E-state index in [-0.39, 0.29) is 6.54 Å². The van der Waals surface area contributed by atoms with Crippen LogP contribution in [0.5, 0.6) is 0 Å². The Kier molecular flexibility index (Phi) is 3.14. The van der Waals surface area contributed by atoms with Crippen LogP contribution in [0.1, 0.15) is 33.6 Å². The molecular formula is C10H18N2O4. The number of likely N-dealkylation sites (tertiary alicyclic amines) is 1. The van der Waals surface area contributed by atoms with E-state index in [1.807, 2.05) is 0 Å². The zero-order valence-corrected chi connectivity index (χ0v) is 9.82. The summed E-state index contributed by atoms with van der Waals surface area (Å²) in [4.78, 5) is 23.7. The van der Waals surface area contributed by atoms with E-state index in [1.54, 1.807) is 20.8 Å². The molecule has 1 aliphatic rings. The summed E-state index contributed by atoms with van der Waals surface area (Å²) in [5.41, 5.74) is 3.63. The summed E-state index contributed by atoms with van der Waals surface area (Å²) >= 11 is 0. The molecule has 1 rings (SSSR count). The molecule has 1 saturated heterocycles. The molecule has 0 radical (unpaired) electrons. The quantitative estimate of drug-likeness (QED) is 0.648. The topological polar surface area (TPSA) is 92.9 Å². The number of nitrogens with zero attached hydrogens (tertiary/aromatic N) is 1. The first-order valence-corrected chi connectivity index (χ1v) is 5.20. The summed E-state index contributed by atoms with van der Waals surface area (Å²) in [6, 6.07) is 0. The number of carbonyl (C=O) groups is 2. The van der Waals surface area contributed by atoms with Gasteiger partial charge in [-0.3, -0.25) is 10.6 Å². The van der Waals surface area contributed by atoms with E-state index in [1.165, 1.54) is 0 Å². The lowest BCUT2D eigenvalue weighted by molar-refractivity contribution is -0.167. The number of hydrogen-bond acceptors (Lipinski definition) is 4. The second kappa shape index (κ2) is 3.93. The summed E-state index contributed by atoms with van der Waals surface area (Å²) in [6.07, 6.45) is -0.318. The maximum Gasteiger partial charge on any atom is 0.409 e. The zero-order chi connectivity index (χ0) is 12.6. The van der Waals surface area contributed by atoms with E-state index in [9.17, 15) is 9.59 Å². The maximum absolute atomic E-state index is 11.8. The van der Waals surface area contributed by atoms with Crippen molar-refractivity contribution in [2.24, 2.45) is 5.73 Å². The van der Waals surface area contributed by atoms with Gasteiger partial charge in [0.1, 0.15) is 5.60 Å². The van der Waals surface area contributed by atoms with Crippen molar-refractivity contribution in [3.05, 3.63) is 0 Å². The summed E-state index contributed by atoms with van der Waals surface area (Å²) in [5, 5.41) is 8.93. The molecule has 92 valence electrons. The Hall–Kier alpha value is -1.30. The number of rotatable bonds is 1. The Morgan fingerprint density at radius 3 is 2.44 bits per heavy atom. The van der Waals surface area contributed by atoms with E-state index in [2.05, 4.69) is 0 Å². The molecule has 1 aliphatic heterocycles. The van der Waals surface area contributed by atoms with Crippen molar-refractivity contribution in [2.45, 2.75) is 44.9 Å². The molecule has 6 heteroatoms. The molecule has 6 nitrogen and oxygen atoms in total. The third kappa shape index (κ3) is 2.44. The fourth-order valence-electron chi connectivity index (χ4n) is 1.69. The van der Waals surface area contributed by atoms with Crippen LogP contribution in [0, 0.1) is 0 Å². The minimum Gasteiger partial charge on any atom is -0.465 e. The van der Waals surface area contributed by atoms with Crippen LogP contribution >= 0.6 is 0 Å². The molecule has 0 aromatic carbocycles. The molecule has 1 atom stereocenters. The van der Waals surface area contributed by atoms with Gasteiger partial charge in [-0.05, 0) is 33.6 Å². The van der Waals surface area contributed by atoms with Gasteiger partial charge in [0.05, 0.1) is 0 Å². The Bertz CT molecular complexity index is 310. The molecule has 0 aromatic heterocycles. The van der Waals surface area contributed by atoms with Gasteiger partial charge < -0.3 is 9.84 Å². The average molecular weight is 230 g/mol. The minimum absolute atomic E-state index is 0.269. The smallest absolute Gasteiger partial charge is 0.409 e. The number of nitrogens with two attached hydrogens (primary N) is 1. The van der Waals surface area contributed by atoms with Gasteiger partial charge in [-0.15, -0.1) is 0 Å². The molecule has 0 spiro atoms. The zero-order valence-electron chi connectivity index (χ0n) is 9.82. The van der Waals surface area contributed by atoms with E-state index >= 15 is 0 Å². The van der Waals surface area contributed by atoms with Gasteiger partial charge in [-0.2, -0.15) is 0 Å². The van der Waals surface area contributed by atoms with Gasteiger partial charge in [0.25, 0.3) is 0 Å². The van der Waals surface area contributed by atoms with Crippen LogP contribution in [-0.2, 0) is 9.53 Å². The molecule has 0 saturated carbocycles. The molecular weight excluding hydrogens is 212 g/mol. The fourth-order valence-corrected chi connectivity index (χ4v) is 1.69. The van der Waals surface area contributed by atoms with E-state index < -0.39 is 23.3 Å². The van der Waals surface area contributed by atoms with Gasteiger partial charge in [-0.1, -0.05) is 0 Å². The van der Waals surface area contributed by atoms with Gasteiger partial charge in [-0.25, -0.2) is 9.59 Å². The molecule has 3 N–H and O–H groups in total. The SMILES string of the molecule is CC(C)(C)OC(=O)C1(N)CCCN1C(=O)O. The molecule has 1 amide bonds. The first kappa shape index (κ1) is 12.8. The molecule has 1 heterocycles. The summed E-state index contributed by atoms with van der Waals surface area (Å²) in [6.45, 7) is 5.42. The highest BCUT2D eigenvalue weighted by Crippen LogP contribution is 2.27. The summed E-state index contributed by atoms with van der Waals surface area (Å²) in [5.74, 6) is -0.681. The average Bonchev–Trinajstić information content (AvgIpc) is 2.45. The third-order valence-corrected chi connectivity index (χ3v) is 2.40. The fraction of sp³-hybridized carbons (Fsp3) is 0.800. The van der Waals surface area contributed by atoms with Crippen LogP contribution in [0.4, 0.5) is 4.79 Å². The van der Waals surface area contributed by atoms with Crippen molar-refractivity contribution in [1.29, 1.82) is 0 Å². The van der Waals surface area contributed by atoms with Crippen molar-refractivity contribution in [1.82, 2.24) is 4.90 Å². The Morgan fingerprint density at radius 2 is 2.00 bits per heavy atom. The number of amides is 1. The van der Waals surface area contributed by atoms with E-state index in [0.29, 0.717) is 12.8 Å². The summed E-state index contributed by atoms with van der Waals surface area (Å²) < 4.78 is 5.14. The number of carboxylic acid groups (broad SMARTS) is 1. The van der Waals surface area contributed by atoms with Crippen LogP contribution in [0.2, 0.25) is 0 Å². The van der Waals surface area contributed by atoms with Gasteiger partial charge >= 0.3 is 12.1 Å². The number of carbonyl (C=O) groups excluding carboxylic acids is 1. The van der Waals surface area contributed by atoms with Gasteiger partial charge in [0.15, 0.2) is 5.66 Å². The Labute approximate surface area is 94.3 Å². The van der Waals surface area contributed by atoms with E-state index in [4.69, 9.17) is 15.6 Å². The van der Waals surface area contributed by atoms with Crippen LogP contribution in [0.3, 0.4) is 0 Å². The summed E-state index contributed by atoms with van der Waals surface area (Å²) in [7, 11) is 0. The lowest BCUT2D eigenvalue weighted by Crippen LogP contribution is -2.61. The van der Waals surface area contributed by atoms with Gasteiger partial charge in [0.2, 0.25) is 0 Å². The van der Waals surface area contributed by atoms with Crippen molar-refractivity contribution in [3.63, 3.8) is 0 Å². The van der Waals surface area contributed by atoms with Crippen molar-refractivity contribution >= 4 is 12.1 Å². The lowest BCUT2D eigenvalue weighted by atomic mass is 10.1. The number of hydrogen-bond donors (Lipinski definition) is 2. The molecule has 0 aromatic rings. The predicted octanol–water partition coefficient (Wildman–Crippen LogP) is 0.757. The lowest BCUT2D eigenvalue weighted by Gasteiger charge is -2.33. The first-order valence-electron chi connectivity index (χ1n) is 5.20. The van der Waals surface area contributed by atoms with Crippen LogP contribution in [-0.4, -0.2) is 39.9 Å². The normalized spacial score (nSPS) is 25.6. The van der Waals surface area contributed by atoms with E-state index in [0.717, 1.165) is 4.90 Å². The highest BCUT2D eigenvalue weighted by molar-refractivity contribution is 5.85. The second-order valence-electron chi connectivity index (χ2n) is 4.96. The molecule has 0 aliphatic carbocycles. The van der Waals surface area contributed by atoms with Crippen molar-refractivity contribution < 1.29 is 19.4 Å². The highest BCUT2D eigenvalue weighted by atomic mass is 16.6. The Morgan fingerprint density at radius 1 is 1.44 bits per heavy atom. The largest absolute Gasteiger partial charge is 0.465 e. The van der Waals surface area contributed by atoms with Crippen molar-refractivity contribution in [2.75, 3.05) is 6.54 Å². The molecule has 1 fully saturated rings. The second-order valence-corrected chi connectivity index (χ2v) is 4.96. The number of esters is 1. The molecule has 0 bridgehead atoms. The molecule has 1 unspecified atom stereocenters. The van der Waals surface area contributed by atoms with Crippen LogP contribution < -0.4 is 5.73 Å². The van der Waals surface area contributed by atoms with Crippen molar-refractivity contribution in [3.8, 4) is 0 Å². The maximum atomic E-state index is 11.8. The van der Waals surface area contributed by atoms with Crippen LogP contribution in [0.15, 0.2) is 0 Å². The van der Waals surface area contributed by atoms with Crippen LogP contribution in [0.25, 0.3) is 0 Å². The molecule has 16 heavy (non-hydrogen) atoms. The first-order chi connectivity index (χ1) is 7.17. The highest BCUT2D eigenvalue weighted by Gasteiger charge is 2.49. The van der Waals surface area contributed by atoms with Gasteiger partial charge in [0, 0.05) is 6.54 Å². The monoisotopic (exact) mass is 230 g/mol. The standard InChI is InChI=1S/C10H18N2O4/c1-9(2,3)16-7(13)10(11)5-4-6-12(10)8(14)15/h4-6,11H2,1-3H3,(H,14,15). The predicted molar refractivity (Wildman–Crippen MR) is 56.7 cm³/mol.